The van der Waals surface area contributed by atoms with Crippen LogP contribution in [0.25, 0.3) is 0 Å². The molecule has 7 heteroatoms. The minimum absolute atomic E-state index is 0.511. The van der Waals surface area contributed by atoms with Crippen molar-refractivity contribution in [3.63, 3.8) is 0 Å². The number of hydrogen-bond acceptors (Lipinski definition) is 7. The van der Waals surface area contributed by atoms with E-state index in [9.17, 15) is 0 Å². The van der Waals surface area contributed by atoms with Gasteiger partial charge >= 0.3 is 0 Å². The molecule has 1 aliphatic heterocycles. The van der Waals surface area contributed by atoms with Crippen LogP contribution >= 0.6 is 0 Å². The lowest BCUT2D eigenvalue weighted by Crippen LogP contribution is -2.18. The number of nitrogens with one attached hydrogen (secondary N) is 2. The van der Waals surface area contributed by atoms with Gasteiger partial charge in [0.2, 0.25) is 11.8 Å². The smallest absolute Gasteiger partial charge is 0.229 e. The molecule has 0 saturated carbocycles. The molecule has 0 radical (unpaired) electrons. The summed E-state index contributed by atoms with van der Waals surface area (Å²) in [6.45, 7) is 4.96. The van der Waals surface area contributed by atoms with Crippen LogP contribution in [0.5, 0.6) is 5.88 Å². The molecule has 0 aromatic carbocycles. The van der Waals surface area contributed by atoms with E-state index in [0.29, 0.717) is 11.8 Å². The number of aromatic nitrogens is 3. The van der Waals surface area contributed by atoms with Crippen LogP contribution in [0.2, 0.25) is 0 Å². The summed E-state index contributed by atoms with van der Waals surface area (Å²) in [5, 5.41) is 6.21. The van der Waals surface area contributed by atoms with Crippen molar-refractivity contribution in [3.05, 3.63) is 29.6 Å². The maximum absolute atomic E-state index is 5.33. The van der Waals surface area contributed by atoms with Gasteiger partial charge < -0.3 is 15.4 Å². The second-order valence-electron chi connectivity index (χ2n) is 6.16. The Morgan fingerprint density at radius 2 is 2.04 bits per heavy atom. The third-order valence-electron chi connectivity index (χ3n) is 4.14. The van der Waals surface area contributed by atoms with Gasteiger partial charge in [-0.15, -0.1) is 0 Å². The SMILES string of the molecule is CNc1cc(C)nc(Nc2cnc(OC)c(C#CCN3CCCC3)c2)n1. The molecular weight excluding hydrogens is 328 g/mol. The van der Waals surface area contributed by atoms with E-state index in [1.807, 2.05) is 26.1 Å². The lowest BCUT2D eigenvalue weighted by Gasteiger charge is -2.10. The van der Waals surface area contributed by atoms with Crippen molar-refractivity contribution in [1.82, 2.24) is 19.9 Å². The highest BCUT2D eigenvalue weighted by Gasteiger charge is 2.10. The van der Waals surface area contributed by atoms with Gasteiger partial charge in [-0.2, -0.15) is 4.98 Å². The molecule has 2 N–H and O–H groups in total. The number of pyridine rings is 1. The summed E-state index contributed by atoms with van der Waals surface area (Å²) < 4.78 is 5.33. The van der Waals surface area contributed by atoms with E-state index in [4.69, 9.17) is 4.74 Å². The summed E-state index contributed by atoms with van der Waals surface area (Å²) in [6.07, 6.45) is 4.21. The number of anilines is 3. The highest BCUT2D eigenvalue weighted by molar-refractivity contribution is 5.59. The number of rotatable bonds is 5. The Morgan fingerprint density at radius 1 is 1.23 bits per heavy atom. The molecule has 7 nitrogen and oxygen atoms in total. The minimum Gasteiger partial charge on any atom is -0.480 e. The second-order valence-corrected chi connectivity index (χ2v) is 6.16. The number of hydrogen-bond donors (Lipinski definition) is 2. The zero-order valence-corrected chi connectivity index (χ0v) is 15.5. The molecule has 1 aliphatic rings. The molecule has 0 bridgehead atoms. The first-order chi connectivity index (χ1) is 12.7. The Morgan fingerprint density at radius 3 is 2.77 bits per heavy atom. The normalized spacial score (nSPS) is 13.8. The maximum Gasteiger partial charge on any atom is 0.229 e. The van der Waals surface area contributed by atoms with Crippen LogP contribution in [0.1, 0.15) is 24.1 Å². The van der Waals surface area contributed by atoms with Crippen LogP contribution in [0.4, 0.5) is 17.5 Å². The van der Waals surface area contributed by atoms with Crippen LogP contribution in [-0.2, 0) is 0 Å². The molecule has 3 heterocycles. The van der Waals surface area contributed by atoms with E-state index in [1.165, 1.54) is 12.8 Å². The average Bonchev–Trinajstić information content (AvgIpc) is 3.15. The fourth-order valence-electron chi connectivity index (χ4n) is 2.84. The summed E-state index contributed by atoms with van der Waals surface area (Å²) >= 11 is 0. The molecule has 3 rings (SSSR count). The zero-order chi connectivity index (χ0) is 18.4. The van der Waals surface area contributed by atoms with Crippen LogP contribution in [0, 0.1) is 18.8 Å². The van der Waals surface area contributed by atoms with Gasteiger partial charge in [0.15, 0.2) is 0 Å². The van der Waals surface area contributed by atoms with Gasteiger partial charge in [0.25, 0.3) is 0 Å². The molecular formula is C19H24N6O. The molecule has 1 saturated heterocycles. The van der Waals surface area contributed by atoms with Crippen molar-refractivity contribution < 1.29 is 4.74 Å². The van der Waals surface area contributed by atoms with Gasteiger partial charge in [-0.05, 0) is 38.9 Å². The largest absolute Gasteiger partial charge is 0.480 e. The zero-order valence-electron chi connectivity index (χ0n) is 15.5. The molecule has 0 atom stereocenters. The lowest BCUT2D eigenvalue weighted by molar-refractivity contribution is 0.383. The van der Waals surface area contributed by atoms with E-state index in [0.717, 1.165) is 42.4 Å². The molecule has 2 aromatic heterocycles. The molecule has 0 unspecified atom stereocenters. The van der Waals surface area contributed by atoms with Crippen molar-refractivity contribution >= 4 is 17.5 Å². The van der Waals surface area contributed by atoms with E-state index in [2.05, 4.69) is 42.3 Å². The number of nitrogens with zero attached hydrogens (tertiary/aromatic N) is 4. The Balaban J connectivity index is 1.78. The molecule has 0 spiro atoms. The number of methoxy groups -OCH3 is 1. The number of ether oxygens (including phenoxy) is 1. The third kappa shape index (κ3) is 4.61. The third-order valence-corrected chi connectivity index (χ3v) is 4.14. The molecule has 136 valence electrons. The van der Waals surface area contributed by atoms with Gasteiger partial charge in [0, 0.05) is 18.8 Å². The van der Waals surface area contributed by atoms with Gasteiger partial charge in [-0.3, -0.25) is 4.90 Å². The first-order valence-electron chi connectivity index (χ1n) is 8.73. The quantitative estimate of drug-likeness (QED) is 0.801. The van der Waals surface area contributed by atoms with Crippen molar-refractivity contribution in [3.8, 4) is 17.7 Å². The van der Waals surface area contributed by atoms with E-state index in [-0.39, 0.29) is 0 Å². The fraction of sp³-hybridized carbons (Fsp3) is 0.421. The van der Waals surface area contributed by atoms with Gasteiger partial charge in [0.1, 0.15) is 5.82 Å². The summed E-state index contributed by atoms with van der Waals surface area (Å²) in [4.78, 5) is 15.5. The highest BCUT2D eigenvalue weighted by atomic mass is 16.5. The van der Waals surface area contributed by atoms with Crippen molar-refractivity contribution in [2.45, 2.75) is 19.8 Å². The topological polar surface area (TPSA) is 75.2 Å². The molecule has 0 aliphatic carbocycles. The van der Waals surface area contributed by atoms with Crippen LogP contribution in [-0.4, -0.2) is 53.6 Å². The number of likely N-dealkylation sites (tertiary alicyclic amines) is 1. The predicted octanol–water partition coefficient (Wildman–Crippen LogP) is 2.42. The minimum atomic E-state index is 0.511. The Labute approximate surface area is 154 Å². The van der Waals surface area contributed by atoms with Gasteiger partial charge in [-0.25, -0.2) is 9.97 Å². The summed E-state index contributed by atoms with van der Waals surface area (Å²) in [7, 11) is 3.43. The van der Waals surface area contributed by atoms with Crippen molar-refractivity contribution in [1.29, 1.82) is 0 Å². The molecule has 26 heavy (non-hydrogen) atoms. The number of aryl methyl sites for hydroxylation is 1. The Kier molecular flexibility index (Phi) is 5.87. The Bertz CT molecular complexity index is 821. The predicted molar refractivity (Wildman–Crippen MR) is 103 cm³/mol. The highest BCUT2D eigenvalue weighted by Crippen LogP contribution is 2.21. The molecule has 2 aromatic rings. The average molecular weight is 352 g/mol. The van der Waals surface area contributed by atoms with Crippen LogP contribution < -0.4 is 15.4 Å². The summed E-state index contributed by atoms with van der Waals surface area (Å²) in [6, 6.07) is 3.79. The molecule has 0 amide bonds. The Hall–Kier alpha value is -2.85. The maximum atomic E-state index is 5.33. The summed E-state index contributed by atoms with van der Waals surface area (Å²) in [5.74, 6) is 8.19. The summed E-state index contributed by atoms with van der Waals surface area (Å²) in [5.41, 5.74) is 2.39. The van der Waals surface area contributed by atoms with Crippen molar-refractivity contribution in [2.75, 3.05) is 44.4 Å². The van der Waals surface area contributed by atoms with E-state index >= 15 is 0 Å². The van der Waals surface area contributed by atoms with Gasteiger partial charge in [-0.1, -0.05) is 11.8 Å². The second kappa shape index (κ2) is 8.50. The molecule has 1 fully saturated rings. The lowest BCUT2D eigenvalue weighted by atomic mass is 10.2. The fourth-order valence-corrected chi connectivity index (χ4v) is 2.84. The van der Waals surface area contributed by atoms with Crippen LogP contribution in [0.15, 0.2) is 18.3 Å². The van der Waals surface area contributed by atoms with Crippen molar-refractivity contribution in [2.24, 2.45) is 0 Å². The standard InChI is InChI=1S/C19H24N6O/c1-14-11-17(20-2)24-19(22-14)23-16-12-15(18(26-3)21-13-16)7-6-10-25-8-4-5-9-25/h11-13H,4-5,8-10H2,1-3H3,(H2,20,22,23,24). The van der Waals surface area contributed by atoms with E-state index in [1.54, 1.807) is 13.3 Å². The first-order valence-corrected chi connectivity index (χ1v) is 8.73. The van der Waals surface area contributed by atoms with E-state index < -0.39 is 0 Å². The first kappa shape index (κ1) is 18.0. The van der Waals surface area contributed by atoms with Gasteiger partial charge in [0.05, 0.1) is 31.1 Å². The van der Waals surface area contributed by atoms with Crippen LogP contribution in [0.3, 0.4) is 0 Å². The monoisotopic (exact) mass is 352 g/mol.